The number of rotatable bonds is 3. The summed E-state index contributed by atoms with van der Waals surface area (Å²) in [6.07, 6.45) is 0. The summed E-state index contributed by atoms with van der Waals surface area (Å²) in [5.41, 5.74) is 10.3. The zero-order valence-electron chi connectivity index (χ0n) is 15.7. The predicted molar refractivity (Wildman–Crippen MR) is 137 cm³/mol. The van der Waals surface area contributed by atoms with Gasteiger partial charge in [0.1, 0.15) is 14.9 Å². The molecular weight excluding hydrogens is 484 g/mol. The second-order valence-corrected chi connectivity index (χ2v) is 10.3. The summed E-state index contributed by atoms with van der Waals surface area (Å²) in [5.74, 6) is 0. The van der Waals surface area contributed by atoms with Crippen molar-refractivity contribution in [3.63, 3.8) is 0 Å². The monoisotopic (exact) mass is 501 g/mol. The number of nitrogen functional groups attached to an aromatic ring is 1. The molecule has 0 unspecified atom stereocenters. The maximum absolute atomic E-state index is 11.9. The number of nitrogens with two attached hydrogens (primary N) is 1. The van der Waals surface area contributed by atoms with Crippen LogP contribution >= 0.6 is 22.7 Å². The Kier molecular flexibility index (Phi) is 7.88. The minimum atomic E-state index is -4.34. The first-order valence-electron chi connectivity index (χ1n) is 8.94. The summed E-state index contributed by atoms with van der Waals surface area (Å²) in [7, 11) is -4.34. The Morgan fingerprint density at radius 3 is 2.12 bits per heavy atom. The van der Waals surface area contributed by atoms with Gasteiger partial charge in [-0.2, -0.15) is 8.42 Å². The van der Waals surface area contributed by atoms with Gasteiger partial charge in [0.25, 0.3) is 10.1 Å². The molecule has 2 heterocycles. The van der Waals surface area contributed by atoms with E-state index in [4.69, 9.17) is 10.7 Å². The van der Waals surface area contributed by atoms with Crippen molar-refractivity contribution in [2.75, 3.05) is 5.73 Å². The van der Waals surface area contributed by atoms with E-state index in [1.165, 1.54) is 11.3 Å². The van der Waals surface area contributed by atoms with Gasteiger partial charge in [-0.3, -0.25) is 4.55 Å². The Bertz CT molecular complexity index is 1550. The fourth-order valence-electron chi connectivity index (χ4n) is 3.32. The fourth-order valence-corrected chi connectivity index (χ4v) is 6.64. The third kappa shape index (κ3) is 4.83. The van der Waals surface area contributed by atoms with E-state index in [1.54, 1.807) is 30.4 Å². The third-order valence-corrected chi connectivity index (χ3v) is 8.14. The van der Waals surface area contributed by atoms with Crippen molar-refractivity contribution >= 4 is 118 Å². The average Bonchev–Trinajstić information content (AvgIpc) is 3.30. The van der Waals surface area contributed by atoms with Crippen LogP contribution in [0.4, 0.5) is 5.69 Å². The molecule has 0 aliphatic rings. The number of fused-ring (bicyclic) bond motifs is 2. The van der Waals surface area contributed by atoms with Gasteiger partial charge in [-0.25, -0.2) is 9.97 Å². The van der Waals surface area contributed by atoms with Gasteiger partial charge in [0.2, 0.25) is 0 Å². The maximum atomic E-state index is 11.9. The van der Waals surface area contributed by atoms with E-state index >= 15 is 0 Å². The average molecular weight is 502 g/mol. The van der Waals surface area contributed by atoms with Crippen LogP contribution in [0.1, 0.15) is 5.56 Å². The molecule has 0 bridgehead atoms. The van der Waals surface area contributed by atoms with E-state index < -0.39 is 10.1 Å². The van der Waals surface area contributed by atoms with Crippen LogP contribution in [-0.4, -0.2) is 82.1 Å². The molecule has 0 aliphatic carbocycles. The quantitative estimate of drug-likeness (QED) is 0.219. The molecule has 0 amide bonds. The van der Waals surface area contributed by atoms with Crippen molar-refractivity contribution < 1.29 is 13.0 Å². The first-order chi connectivity index (χ1) is 14.3. The summed E-state index contributed by atoms with van der Waals surface area (Å²) in [6.45, 7) is 1.66. The Hall–Kier alpha value is -0.850. The Morgan fingerprint density at radius 1 is 0.844 bits per heavy atom. The van der Waals surface area contributed by atoms with E-state index in [2.05, 4.69) is 4.98 Å². The summed E-state index contributed by atoms with van der Waals surface area (Å²) >= 11 is 2.82. The van der Waals surface area contributed by atoms with E-state index in [9.17, 15) is 13.0 Å². The number of hydrogen-bond donors (Lipinski definition) is 2. The molecule has 2 aromatic heterocycles. The summed E-state index contributed by atoms with van der Waals surface area (Å²) < 4.78 is 34.8. The van der Waals surface area contributed by atoms with Gasteiger partial charge in [0.15, 0.2) is 0 Å². The second kappa shape index (κ2) is 9.79. The summed E-state index contributed by atoms with van der Waals surface area (Å²) in [5, 5.41) is 1.58. The van der Waals surface area contributed by atoms with Crippen LogP contribution in [0.5, 0.6) is 0 Å². The fraction of sp³-hybridized carbons (Fsp3) is 0.0476. The van der Waals surface area contributed by atoms with Gasteiger partial charge >= 0.3 is 59.1 Å². The number of anilines is 1. The molecule has 154 valence electrons. The number of aromatic nitrogens is 2. The molecular formula is C21H17N3Na2O3S3. The van der Waals surface area contributed by atoms with Gasteiger partial charge in [0.05, 0.1) is 20.4 Å². The van der Waals surface area contributed by atoms with Crippen LogP contribution in [0.25, 0.3) is 41.6 Å². The molecule has 0 saturated heterocycles. The van der Waals surface area contributed by atoms with Crippen molar-refractivity contribution in [2.24, 2.45) is 0 Å². The van der Waals surface area contributed by atoms with Gasteiger partial charge in [-0.1, -0.05) is 6.07 Å². The number of thiazole rings is 2. The van der Waals surface area contributed by atoms with Gasteiger partial charge in [0, 0.05) is 16.8 Å². The van der Waals surface area contributed by atoms with E-state index in [0.29, 0.717) is 26.5 Å². The van der Waals surface area contributed by atoms with Crippen molar-refractivity contribution in [3.05, 3.63) is 60.2 Å². The second-order valence-electron chi connectivity index (χ2n) is 6.88. The van der Waals surface area contributed by atoms with Crippen molar-refractivity contribution in [1.29, 1.82) is 0 Å². The van der Waals surface area contributed by atoms with Crippen LogP contribution in [0.15, 0.2) is 59.5 Å². The Balaban J connectivity index is 0.00000144. The number of aryl methyl sites for hydroxylation is 1. The number of benzene rings is 3. The first kappa shape index (κ1) is 25.8. The molecule has 32 heavy (non-hydrogen) atoms. The Morgan fingerprint density at radius 2 is 1.44 bits per heavy atom. The van der Waals surface area contributed by atoms with E-state index in [0.717, 1.165) is 26.4 Å². The predicted octanol–water partition coefficient (Wildman–Crippen LogP) is 4.08. The van der Waals surface area contributed by atoms with E-state index in [-0.39, 0.29) is 64.0 Å². The van der Waals surface area contributed by atoms with Crippen LogP contribution in [0.3, 0.4) is 0 Å². The molecule has 5 rings (SSSR count). The third-order valence-electron chi connectivity index (χ3n) is 4.76. The molecule has 0 fully saturated rings. The van der Waals surface area contributed by atoms with Crippen molar-refractivity contribution in [1.82, 2.24) is 9.97 Å². The molecule has 3 N–H and O–H groups in total. The summed E-state index contributed by atoms with van der Waals surface area (Å²) in [4.78, 5) is 9.21. The topological polar surface area (TPSA) is 106 Å². The zero-order valence-corrected chi connectivity index (χ0v) is 18.1. The van der Waals surface area contributed by atoms with Gasteiger partial charge in [-0.15, -0.1) is 22.7 Å². The van der Waals surface area contributed by atoms with E-state index in [1.807, 2.05) is 42.5 Å². The molecule has 0 atom stereocenters. The van der Waals surface area contributed by atoms with Gasteiger partial charge < -0.3 is 5.73 Å². The normalized spacial score (nSPS) is 11.3. The molecule has 0 aliphatic heterocycles. The molecule has 0 radical (unpaired) electrons. The first-order valence-corrected chi connectivity index (χ1v) is 12.0. The molecule has 3 aromatic carbocycles. The SMILES string of the molecule is Cc1ccc2nc(-c3ccc4nc(-c5ccc(N)cc5)sc4c3)sc2c1S(=O)(=O)O.[NaH].[NaH]. The number of hydrogen-bond acceptors (Lipinski definition) is 7. The molecule has 6 nitrogen and oxygen atoms in total. The van der Waals surface area contributed by atoms with Crippen molar-refractivity contribution in [3.8, 4) is 21.1 Å². The minimum absolute atomic E-state index is 0. The standard InChI is InChI=1S/C21H15N3O3S3.2Na.2H/c1-11-2-8-16-18(19(11)30(25,26)27)29-21(24-16)13-5-9-15-17(10-13)28-20(23-15)12-3-6-14(22)7-4-12;;;;/h2-10H,22H2,1H3,(H,25,26,27);;;;. The molecule has 0 saturated carbocycles. The van der Waals surface area contributed by atoms with Crippen LogP contribution < -0.4 is 5.73 Å². The van der Waals surface area contributed by atoms with Crippen molar-refractivity contribution in [2.45, 2.75) is 11.8 Å². The van der Waals surface area contributed by atoms with Crippen LogP contribution in [0.2, 0.25) is 0 Å². The Labute approximate surface area is 237 Å². The zero-order chi connectivity index (χ0) is 21.0. The molecule has 5 aromatic rings. The molecule has 11 heteroatoms. The number of nitrogens with zero attached hydrogens (tertiary/aromatic N) is 2. The summed E-state index contributed by atoms with van der Waals surface area (Å²) in [6, 6.07) is 16.9. The van der Waals surface area contributed by atoms with Crippen LogP contribution in [0, 0.1) is 6.92 Å². The molecule has 0 spiro atoms. The van der Waals surface area contributed by atoms with Crippen LogP contribution in [-0.2, 0) is 10.1 Å². The van der Waals surface area contributed by atoms with Gasteiger partial charge in [-0.05, 0) is 61.0 Å².